The maximum atomic E-state index is 12.3. The number of amides is 1. The quantitative estimate of drug-likeness (QED) is 0.912. The Morgan fingerprint density at radius 1 is 1.32 bits per heavy atom. The molecule has 0 radical (unpaired) electrons. The minimum atomic E-state index is -0.300. The number of rotatable bonds is 4. The van der Waals surface area contributed by atoms with Gasteiger partial charge in [-0.25, -0.2) is 0 Å². The number of likely N-dealkylation sites (tertiary alicyclic amines) is 1. The maximum Gasteiger partial charge on any atom is 0.238 e. The molecule has 0 spiro atoms. The SMILES string of the molecule is CC(O)C1CCN(CC(=O)Nc2cccc3ccccc23)C1. The Morgan fingerprint density at radius 2 is 2.09 bits per heavy atom. The third-order valence-corrected chi connectivity index (χ3v) is 4.42. The first-order valence-corrected chi connectivity index (χ1v) is 7.81. The van der Waals surface area contributed by atoms with E-state index in [-0.39, 0.29) is 17.9 Å². The molecule has 0 bridgehead atoms. The van der Waals surface area contributed by atoms with Crippen LogP contribution in [0.15, 0.2) is 42.5 Å². The van der Waals surface area contributed by atoms with Crippen molar-refractivity contribution in [3.05, 3.63) is 42.5 Å². The molecule has 1 fully saturated rings. The van der Waals surface area contributed by atoms with Gasteiger partial charge in [0.2, 0.25) is 5.91 Å². The molecule has 0 saturated carbocycles. The van der Waals surface area contributed by atoms with E-state index in [0.717, 1.165) is 36.0 Å². The molecular formula is C18H22N2O2. The van der Waals surface area contributed by atoms with E-state index >= 15 is 0 Å². The molecule has 0 aliphatic carbocycles. The highest BCUT2D eigenvalue weighted by atomic mass is 16.3. The Kier molecular flexibility index (Phi) is 4.41. The lowest BCUT2D eigenvalue weighted by Crippen LogP contribution is -2.32. The smallest absolute Gasteiger partial charge is 0.238 e. The number of benzene rings is 2. The zero-order valence-corrected chi connectivity index (χ0v) is 12.8. The van der Waals surface area contributed by atoms with Crippen molar-refractivity contribution in [2.75, 3.05) is 25.0 Å². The minimum Gasteiger partial charge on any atom is -0.393 e. The van der Waals surface area contributed by atoms with Crippen LogP contribution in [0.25, 0.3) is 10.8 Å². The number of hydrogen-bond acceptors (Lipinski definition) is 3. The van der Waals surface area contributed by atoms with Crippen molar-refractivity contribution in [3.8, 4) is 0 Å². The lowest BCUT2D eigenvalue weighted by molar-refractivity contribution is -0.117. The predicted octanol–water partition coefficient (Wildman–Crippen LogP) is 2.48. The van der Waals surface area contributed by atoms with Crippen molar-refractivity contribution >= 4 is 22.4 Å². The van der Waals surface area contributed by atoms with E-state index in [4.69, 9.17) is 0 Å². The largest absolute Gasteiger partial charge is 0.393 e. The first-order valence-electron chi connectivity index (χ1n) is 7.81. The number of hydrogen-bond donors (Lipinski definition) is 2. The van der Waals surface area contributed by atoms with Crippen LogP contribution in [0, 0.1) is 5.92 Å². The molecule has 2 aromatic rings. The molecule has 116 valence electrons. The van der Waals surface area contributed by atoms with Gasteiger partial charge in [-0.3, -0.25) is 9.69 Å². The number of carbonyl (C=O) groups is 1. The Morgan fingerprint density at radius 3 is 2.86 bits per heavy atom. The van der Waals surface area contributed by atoms with E-state index in [1.807, 2.05) is 49.4 Å². The average molecular weight is 298 g/mol. The normalized spacial score (nSPS) is 20.2. The van der Waals surface area contributed by atoms with Crippen molar-refractivity contribution in [2.24, 2.45) is 5.92 Å². The highest BCUT2D eigenvalue weighted by Gasteiger charge is 2.27. The molecule has 4 heteroatoms. The monoisotopic (exact) mass is 298 g/mol. The number of nitrogens with one attached hydrogen (secondary N) is 1. The summed E-state index contributed by atoms with van der Waals surface area (Å²) in [6.45, 7) is 3.87. The number of carbonyl (C=O) groups excluding carboxylic acids is 1. The van der Waals surface area contributed by atoms with Crippen molar-refractivity contribution < 1.29 is 9.90 Å². The summed E-state index contributed by atoms with van der Waals surface area (Å²) in [5.41, 5.74) is 0.856. The summed E-state index contributed by atoms with van der Waals surface area (Å²) >= 11 is 0. The zero-order valence-electron chi connectivity index (χ0n) is 12.8. The van der Waals surface area contributed by atoms with Gasteiger partial charge < -0.3 is 10.4 Å². The van der Waals surface area contributed by atoms with Crippen LogP contribution in [0.3, 0.4) is 0 Å². The Hall–Kier alpha value is -1.91. The van der Waals surface area contributed by atoms with E-state index in [0.29, 0.717) is 6.54 Å². The molecule has 1 aliphatic rings. The van der Waals surface area contributed by atoms with Crippen LogP contribution in [0.4, 0.5) is 5.69 Å². The van der Waals surface area contributed by atoms with Gasteiger partial charge in [-0.2, -0.15) is 0 Å². The molecule has 1 saturated heterocycles. The fourth-order valence-corrected chi connectivity index (χ4v) is 3.13. The lowest BCUT2D eigenvalue weighted by Gasteiger charge is -2.17. The molecule has 1 heterocycles. The number of nitrogens with zero attached hydrogens (tertiary/aromatic N) is 1. The van der Waals surface area contributed by atoms with Crippen molar-refractivity contribution in [3.63, 3.8) is 0 Å². The van der Waals surface area contributed by atoms with Crippen LogP contribution in [0.5, 0.6) is 0 Å². The molecule has 0 aromatic heterocycles. The highest BCUT2D eigenvalue weighted by Crippen LogP contribution is 2.23. The molecule has 1 aliphatic heterocycles. The number of fused-ring (bicyclic) bond motifs is 1. The van der Waals surface area contributed by atoms with Crippen molar-refractivity contribution in [1.29, 1.82) is 0 Å². The molecule has 4 nitrogen and oxygen atoms in total. The molecule has 2 atom stereocenters. The lowest BCUT2D eigenvalue weighted by atomic mass is 10.0. The molecule has 2 N–H and O–H groups in total. The average Bonchev–Trinajstić information content (AvgIpc) is 2.96. The minimum absolute atomic E-state index is 0.00240. The third kappa shape index (κ3) is 3.29. The standard InChI is InChI=1S/C18H22N2O2/c1-13(21)15-9-10-20(11-15)12-18(22)19-17-8-4-6-14-5-2-3-7-16(14)17/h2-8,13,15,21H,9-12H2,1H3,(H,19,22). The molecule has 3 rings (SSSR count). The predicted molar refractivity (Wildman–Crippen MR) is 88.8 cm³/mol. The van der Waals surface area contributed by atoms with Gasteiger partial charge in [0.05, 0.1) is 12.6 Å². The first kappa shape index (κ1) is 15.0. The van der Waals surface area contributed by atoms with Crippen LogP contribution >= 0.6 is 0 Å². The molecule has 1 amide bonds. The van der Waals surface area contributed by atoms with Gasteiger partial charge in [-0.15, -0.1) is 0 Å². The summed E-state index contributed by atoms with van der Waals surface area (Å²) in [5.74, 6) is 0.285. The highest BCUT2D eigenvalue weighted by molar-refractivity contribution is 6.02. The fraction of sp³-hybridized carbons (Fsp3) is 0.389. The molecule has 2 unspecified atom stereocenters. The van der Waals surface area contributed by atoms with Crippen LogP contribution in [0.1, 0.15) is 13.3 Å². The Bertz CT molecular complexity index is 664. The molecule has 2 aromatic carbocycles. The van der Waals surface area contributed by atoms with E-state index in [2.05, 4.69) is 10.2 Å². The second-order valence-electron chi connectivity index (χ2n) is 6.10. The van der Waals surface area contributed by atoms with Gasteiger partial charge in [0, 0.05) is 17.6 Å². The van der Waals surface area contributed by atoms with Crippen molar-refractivity contribution in [2.45, 2.75) is 19.4 Å². The van der Waals surface area contributed by atoms with Crippen LogP contribution in [-0.4, -0.2) is 41.7 Å². The summed E-state index contributed by atoms with van der Waals surface area (Å²) in [6.07, 6.45) is 0.658. The third-order valence-electron chi connectivity index (χ3n) is 4.42. The Balaban J connectivity index is 1.64. The van der Waals surface area contributed by atoms with Gasteiger partial charge in [-0.05, 0) is 37.3 Å². The van der Waals surface area contributed by atoms with Gasteiger partial charge in [0.1, 0.15) is 0 Å². The van der Waals surface area contributed by atoms with Gasteiger partial charge in [0.25, 0.3) is 0 Å². The van der Waals surface area contributed by atoms with E-state index < -0.39 is 0 Å². The van der Waals surface area contributed by atoms with E-state index in [1.54, 1.807) is 0 Å². The van der Waals surface area contributed by atoms with Crippen LogP contribution in [-0.2, 0) is 4.79 Å². The summed E-state index contributed by atoms with van der Waals surface area (Å²) < 4.78 is 0. The molecule has 22 heavy (non-hydrogen) atoms. The topological polar surface area (TPSA) is 52.6 Å². The van der Waals surface area contributed by atoms with E-state index in [9.17, 15) is 9.90 Å². The van der Waals surface area contributed by atoms with Crippen LogP contribution < -0.4 is 5.32 Å². The number of aliphatic hydroxyl groups is 1. The summed E-state index contributed by atoms with van der Waals surface area (Å²) in [6, 6.07) is 14.0. The summed E-state index contributed by atoms with van der Waals surface area (Å²) in [7, 11) is 0. The Labute approximate surface area is 130 Å². The number of anilines is 1. The van der Waals surface area contributed by atoms with Gasteiger partial charge in [-0.1, -0.05) is 36.4 Å². The molecular weight excluding hydrogens is 276 g/mol. The maximum absolute atomic E-state index is 12.3. The van der Waals surface area contributed by atoms with Gasteiger partial charge >= 0.3 is 0 Å². The van der Waals surface area contributed by atoms with E-state index in [1.165, 1.54) is 0 Å². The number of aliphatic hydroxyl groups excluding tert-OH is 1. The van der Waals surface area contributed by atoms with Crippen molar-refractivity contribution in [1.82, 2.24) is 4.90 Å². The summed E-state index contributed by atoms with van der Waals surface area (Å²) in [4.78, 5) is 14.4. The first-order chi connectivity index (χ1) is 10.6. The zero-order chi connectivity index (χ0) is 15.5. The second-order valence-corrected chi connectivity index (χ2v) is 6.10. The second kappa shape index (κ2) is 6.46. The van der Waals surface area contributed by atoms with Gasteiger partial charge in [0.15, 0.2) is 0 Å². The van der Waals surface area contributed by atoms with Crippen LogP contribution in [0.2, 0.25) is 0 Å². The summed E-state index contributed by atoms with van der Waals surface area (Å²) in [5, 5.41) is 14.8. The fourth-order valence-electron chi connectivity index (χ4n) is 3.13.